The van der Waals surface area contributed by atoms with Crippen LogP contribution >= 0.6 is 0 Å². The van der Waals surface area contributed by atoms with Crippen LogP contribution in [0.15, 0.2) is 6.20 Å². The van der Waals surface area contributed by atoms with Crippen molar-refractivity contribution in [3.63, 3.8) is 0 Å². The van der Waals surface area contributed by atoms with Gasteiger partial charge >= 0.3 is 0 Å². The average molecular weight is 175 g/mol. The molecule has 2 rings (SSSR count). The van der Waals surface area contributed by atoms with Crippen molar-refractivity contribution in [2.45, 2.75) is 13.0 Å². The van der Waals surface area contributed by atoms with Crippen LogP contribution in [-0.4, -0.2) is 11.6 Å². The number of nitrogens with two attached hydrogens (primary N) is 1. The lowest BCUT2D eigenvalue weighted by atomic mass is 10.0. The van der Waals surface area contributed by atoms with E-state index in [0.29, 0.717) is 24.6 Å². The van der Waals surface area contributed by atoms with E-state index in [2.05, 4.69) is 11.1 Å². The first-order chi connectivity index (χ1) is 6.33. The first kappa shape index (κ1) is 8.02. The van der Waals surface area contributed by atoms with Gasteiger partial charge in [-0.1, -0.05) is 0 Å². The molecule has 0 spiro atoms. The molecule has 0 atom stereocenters. The molecule has 1 aliphatic heterocycles. The number of nitrogen functional groups attached to an aromatic ring is 1. The van der Waals surface area contributed by atoms with Gasteiger partial charge in [0.15, 0.2) is 0 Å². The Hall–Kier alpha value is -1.60. The Kier molecular flexibility index (Phi) is 1.87. The van der Waals surface area contributed by atoms with E-state index < -0.39 is 0 Å². The lowest BCUT2D eigenvalue weighted by Crippen LogP contribution is -2.13. The Balaban J connectivity index is 2.60. The molecule has 0 saturated heterocycles. The molecule has 0 amide bonds. The number of fused-ring (bicyclic) bond motifs is 1. The molecule has 0 fully saturated rings. The summed E-state index contributed by atoms with van der Waals surface area (Å²) < 4.78 is 5.25. The first-order valence-corrected chi connectivity index (χ1v) is 4.07. The summed E-state index contributed by atoms with van der Waals surface area (Å²) >= 11 is 0. The van der Waals surface area contributed by atoms with Crippen molar-refractivity contribution in [2.75, 3.05) is 12.3 Å². The molecule has 0 radical (unpaired) electrons. The highest BCUT2D eigenvalue weighted by atomic mass is 16.5. The van der Waals surface area contributed by atoms with E-state index >= 15 is 0 Å². The van der Waals surface area contributed by atoms with Crippen molar-refractivity contribution >= 4 is 5.82 Å². The number of nitriles is 1. The lowest BCUT2D eigenvalue weighted by molar-refractivity contribution is 0.110. The molecule has 0 aromatic carbocycles. The number of ether oxygens (including phenoxy) is 1. The topological polar surface area (TPSA) is 71.9 Å². The SMILES string of the molecule is N#Cc1c(N)ncc2c1CCOC2. The lowest BCUT2D eigenvalue weighted by Gasteiger charge is -2.17. The first-order valence-electron chi connectivity index (χ1n) is 4.07. The molecule has 0 saturated carbocycles. The average Bonchev–Trinajstić information content (AvgIpc) is 2.18. The van der Waals surface area contributed by atoms with Gasteiger partial charge in [-0.2, -0.15) is 5.26 Å². The summed E-state index contributed by atoms with van der Waals surface area (Å²) in [7, 11) is 0. The van der Waals surface area contributed by atoms with E-state index in [-0.39, 0.29) is 0 Å². The van der Waals surface area contributed by atoms with E-state index in [9.17, 15) is 0 Å². The van der Waals surface area contributed by atoms with Crippen LogP contribution in [0, 0.1) is 11.3 Å². The van der Waals surface area contributed by atoms with Gasteiger partial charge in [-0.3, -0.25) is 0 Å². The predicted molar refractivity (Wildman–Crippen MR) is 46.7 cm³/mol. The maximum atomic E-state index is 8.86. The molecule has 66 valence electrons. The molecular formula is C9H9N3O. The Morgan fingerprint density at radius 3 is 3.23 bits per heavy atom. The fraction of sp³-hybridized carbons (Fsp3) is 0.333. The van der Waals surface area contributed by atoms with Crippen molar-refractivity contribution in [3.8, 4) is 6.07 Å². The fourth-order valence-corrected chi connectivity index (χ4v) is 1.50. The van der Waals surface area contributed by atoms with Gasteiger partial charge in [0.05, 0.1) is 18.8 Å². The van der Waals surface area contributed by atoms with Crippen LogP contribution in [-0.2, 0) is 17.8 Å². The summed E-state index contributed by atoms with van der Waals surface area (Å²) in [5.41, 5.74) is 8.08. The van der Waals surface area contributed by atoms with Crippen LogP contribution in [0.1, 0.15) is 16.7 Å². The monoisotopic (exact) mass is 175 g/mol. The highest BCUT2D eigenvalue weighted by Crippen LogP contribution is 2.22. The minimum atomic E-state index is 0.322. The standard InChI is InChI=1S/C9H9N3O/c10-3-8-7-1-2-13-5-6(7)4-12-9(8)11/h4H,1-2,5H2,(H2,11,12). The van der Waals surface area contributed by atoms with Crippen molar-refractivity contribution in [1.82, 2.24) is 4.98 Å². The summed E-state index contributed by atoms with van der Waals surface area (Å²) in [5.74, 6) is 0.322. The van der Waals surface area contributed by atoms with E-state index in [4.69, 9.17) is 15.7 Å². The molecule has 2 heterocycles. The fourth-order valence-electron chi connectivity index (χ4n) is 1.50. The quantitative estimate of drug-likeness (QED) is 0.627. The third-order valence-corrected chi connectivity index (χ3v) is 2.17. The molecule has 2 N–H and O–H groups in total. The summed E-state index contributed by atoms with van der Waals surface area (Å²) in [6.07, 6.45) is 2.44. The Morgan fingerprint density at radius 1 is 1.62 bits per heavy atom. The maximum Gasteiger partial charge on any atom is 0.141 e. The van der Waals surface area contributed by atoms with Gasteiger partial charge in [-0.05, 0) is 12.0 Å². The Labute approximate surface area is 76.0 Å². The van der Waals surface area contributed by atoms with E-state index in [1.807, 2.05) is 0 Å². The van der Waals surface area contributed by atoms with Gasteiger partial charge in [-0.25, -0.2) is 4.98 Å². The number of pyridine rings is 1. The van der Waals surface area contributed by atoms with Crippen molar-refractivity contribution < 1.29 is 4.74 Å². The van der Waals surface area contributed by atoms with Crippen molar-refractivity contribution in [1.29, 1.82) is 5.26 Å². The van der Waals surface area contributed by atoms with Crippen molar-refractivity contribution in [2.24, 2.45) is 0 Å². The summed E-state index contributed by atoms with van der Waals surface area (Å²) in [6.45, 7) is 1.20. The minimum Gasteiger partial charge on any atom is -0.383 e. The normalized spacial score (nSPS) is 14.7. The van der Waals surface area contributed by atoms with Gasteiger partial charge in [0, 0.05) is 11.8 Å². The third-order valence-electron chi connectivity index (χ3n) is 2.17. The zero-order valence-corrected chi connectivity index (χ0v) is 7.08. The number of rotatable bonds is 0. The van der Waals surface area contributed by atoms with Crippen LogP contribution < -0.4 is 5.73 Å². The molecule has 0 unspecified atom stereocenters. The van der Waals surface area contributed by atoms with Crippen molar-refractivity contribution in [3.05, 3.63) is 22.9 Å². The molecule has 13 heavy (non-hydrogen) atoms. The largest absolute Gasteiger partial charge is 0.383 e. The Morgan fingerprint density at radius 2 is 2.46 bits per heavy atom. The molecule has 1 aromatic rings. The minimum absolute atomic E-state index is 0.322. The molecule has 1 aromatic heterocycles. The van der Waals surface area contributed by atoms with Gasteiger partial charge in [-0.15, -0.1) is 0 Å². The van der Waals surface area contributed by atoms with Gasteiger partial charge < -0.3 is 10.5 Å². The van der Waals surface area contributed by atoms with Gasteiger partial charge in [0.2, 0.25) is 0 Å². The zero-order chi connectivity index (χ0) is 9.26. The smallest absolute Gasteiger partial charge is 0.141 e. The summed E-state index contributed by atoms with van der Waals surface area (Å²) in [6, 6.07) is 2.08. The van der Waals surface area contributed by atoms with Crippen LogP contribution in [0.3, 0.4) is 0 Å². The highest BCUT2D eigenvalue weighted by Gasteiger charge is 2.16. The Bertz CT molecular complexity index is 381. The van der Waals surface area contributed by atoms with Crippen LogP contribution in [0.25, 0.3) is 0 Å². The molecule has 1 aliphatic rings. The van der Waals surface area contributed by atoms with Crippen LogP contribution in [0.5, 0.6) is 0 Å². The van der Waals surface area contributed by atoms with Crippen LogP contribution in [0.4, 0.5) is 5.82 Å². The zero-order valence-electron chi connectivity index (χ0n) is 7.08. The number of aromatic nitrogens is 1. The second-order valence-corrected chi connectivity index (χ2v) is 2.94. The molecular weight excluding hydrogens is 166 g/mol. The van der Waals surface area contributed by atoms with E-state index in [0.717, 1.165) is 17.5 Å². The molecule has 0 bridgehead atoms. The second-order valence-electron chi connectivity index (χ2n) is 2.94. The molecule has 0 aliphatic carbocycles. The molecule has 4 nitrogen and oxygen atoms in total. The predicted octanol–water partition coefficient (Wildman–Crippen LogP) is 0.608. The number of anilines is 1. The van der Waals surface area contributed by atoms with Crippen LogP contribution in [0.2, 0.25) is 0 Å². The number of hydrogen-bond acceptors (Lipinski definition) is 4. The molecule has 4 heteroatoms. The van der Waals surface area contributed by atoms with E-state index in [1.165, 1.54) is 0 Å². The van der Waals surface area contributed by atoms with Gasteiger partial charge in [0.1, 0.15) is 11.9 Å². The number of nitrogens with zero attached hydrogens (tertiary/aromatic N) is 2. The highest BCUT2D eigenvalue weighted by molar-refractivity contribution is 5.55. The second kappa shape index (κ2) is 3.04. The summed E-state index contributed by atoms with van der Waals surface area (Å²) in [5, 5.41) is 8.86. The number of hydrogen-bond donors (Lipinski definition) is 1. The maximum absolute atomic E-state index is 8.86. The summed E-state index contributed by atoms with van der Waals surface area (Å²) in [4.78, 5) is 3.94. The van der Waals surface area contributed by atoms with Gasteiger partial charge in [0.25, 0.3) is 0 Å². The third kappa shape index (κ3) is 1.23. The van der Waals surface area contributed by atoms with E-state index in [1.54, 1.807) is 6.20 Å².